The Morgan fingerprint density at radius 3 is 2.32 bits per heavy atom. The molecule has 3 aliphatic carbocycles. The molecular formula is C26H40O5. The van der Waals surface area contributed by atoms with Gasteiger partial charge in [0, 0.05) is 5.92 Å². The summed E-state index contributed by atoms with van der Waals surface area (Å²) in [5.74, 6) is -1.81. The van der Waals surface area contributed by atoms with Gasteiger partial charge >= 0.3 is 0 Å². The minimum atomic E-state index is -1.16. The molecule has 3 rings (SSSR count). The quantitative estimate of drug-likeness (QED) is 0.424. The first-order valence-corrected chi connectivity index (χ1v) is 11.7. The van der Waals surface area contributed by atoms with Gasteiger partial charge in [-0.05, 0) is 70.6 Å². The minimum Gasteiger partial charge on any atom is -0.511 e. The molecule has 0 amide bonds. The van der Waals surface area contributed by atoms with Crippen LogP contribution in [0, 0.1) is 34.0 Å². The van der Waals surface area contributed by atoms with Gasteiger partial charge in [-0.25, -0.2) is 0 Å². The van der Waals surface area contributed by atoms with Gasteiger partial charge in [-0.15, -0.1) is 0 Å². The number of carbonyl (C=O) groups excluding carboxylic acids is 2. The second-order valence-corrected chi connectivity index (χ2v) is 11.8. The summed E-state index contributed by atoms with van der Waals surface area (Å²) in [6, 6.07) is 0. The monoisotopic (exact) mass is 432 g/mol. The van der Waals surface area contributed by atoms with E-state index in [1.807, 2.05) is 26.8 Å². The number of allylic oxidation sites excluding steroid dienone is 3. The molecule has 0 radical (unpaired) electrons. The van der Waals surface area contributed by atoms with Gasteiger partial charge in [0.1, 0.15) is 5.76 Å². The summed E-state index contributed by atoms with van der Waals surface area (Å²) < 4.78 is 0. The van der Waals surface area contributed by atoms with E-state index in [-0.39, 0.29) is 34.9 Å². The number of hydrogen-bond acceptors (Lipinski definition) is 5. The topological polar surface area (TPSA) is 94.8 Å². The zero-order valence-electron chi connectivity index (χ0n) is 20.4. The van der Waals surface area contributed by atoms with Crippen molar-refractivity contribution in [2.24, 2.45) is 34.0 Å². The first kappa shape index (κ1) is 24.2. The fourth-order valence-corrected chi connectivity index (χ4v) is 7.05. The number of aliphatic hydroxyl groups is 3. The van der Waals surface area contributed by atoms with Crippen molar-refractivity contribution in [1.82, 2.24) is 0 Å². The maximum Gasteiger partial charge on any atom is 0.178 e. The molecule has 6 atom stereocenters. The van der Waals surface area contributed by atoms with E-state index < -0.39 is 33.7 Å². The molecule has 5 unspecified atom stereocenters. The van der Waals surface area contributed by atoms with E-state index in [1.54, 1.807) is 20.8 Å². The predicted molar refractivity (Wildman–Crippen MR) is 120 cm³/mol. The molecule has 5 heteroatoms. The van der Waals surface area contributed by atoms with Gasteiger partial charge in [-0.3, -0.25) is 9.59 Å². The van der Waals surface area contributed by atoms with E-state index in [1.165, 1.54) is 0 Å². The largest absolute Gasteiger partial charge is 0.511 e. The molecule has 0 heterocycles. The molecule has 0 aliphatic heterocycles. The normalized spacial score (nSPS) is 37.6. The Labute approximate surface area is 186 Å². The number of rotatable bonds is 6. The minimum absolute atomic E-state index is 0.100. The summed E-state index contributed by atoms with van der Waals surface area (Å²) in [6.45, 7) is 15.2. The first-order valence-electron chi connectivity index (χ1n) is 11.7. The van der Waals surface area contributed by atoms with Crippen LogP contribution in [0.3, 0.4) is 0 Å². The smallest absolute Gasteiger partial charge is 0.178 e. The fraction of sp³-hybridized carbons (Fsp3) is 0.769. The molecule has 0 saturated heterocycles. The Balaban J connectivity index is 2.28. The maximum atomic E-state index is 14.0. The third-order valence-corrected chi connectivity index (χ3v) is 8.93. The van der Waals surface area contributed by atoms with Crippen molar-refractivity contribution in [3.05, 3.63) is 23.0 Å². The van der Waals surface area contributed by atoms with Crippen molar-refractivity contribution in [3.8, 4) is 0 Å². The standard InChI is InChI=1S/C26H40O5/c1-9-15(4)19(27)18-20(28)25(11-10-14(2)3)12-17-23(5,6)16(24(7,8)31)13-26(17,21(18)29)22(25)30/h10,15-17,22,28,30-31H,9,11-13H2,1-8H3/t15?,16?,17?,22?,25?,26-/m0/s1. The average Bonchev–Trinajstić information content (AvgIpc) is 3.03. The molecular weight excluding hydrogens is 392 g/mol. The van der Waals surface area contributed by atoms with Crippen molar-refractivity contribution >= 4 is 11.6 Å². The zero-order chi connectivity index (χ0) is 23.7. The lowest BCUT2D eigenvalue weighted by Crippen LogP contribution is -2.53. The summed E-state index contributed by atoms with van der Waals surface area (Å²) >= 11 is 0. The van der Waals surface area contributed by atoms with Gasteiger partial charge < -0.3 is 15.3 Å². The third kappa shape index (κ3) is 3.10. The summed E-state index contributed by atoms with van der Waals surface area (Å²) in [6.07, 6.45) is 2.58. The Hall–Kier alpha value is -1.46. The lowest BCUT2D eigenvalue weighted by atomic mass is 9.61. The van der Waals surface area contributed by atoms with Crippen molar-refractivity contribution in [3.63, 3.8) is 0 Å². The Bertz CT molecular complexity index is 854. The van der Waals surface area contributed by atoms with Gasteiger partial charge in [0.25, 0.3) is 0 Å². The number of carbonyl (C=O) groups is 2. The first-order chi connectivity index (χ1) is 14.1. The van der Waals surface area contributed by atoms with E-state index in [0.717, 1.165) is 5.57 Å². The van der Waals surface area contributed by atoms with Crippen LogP contribution in [0.15, 0.2) is 23.0 Å². The average molecular weight is 433 g/mol. The molecule has 5 nitrogen and oxygen atoms in total. The van der Waals surface area contributed by atoms with Crippen molar-refractivity contribution in [2.75, 3.05) is 0 Å². The van der Waals surface area contributed by atoms with Crippen LogP contribution in [0.2, 0.25) is 0 Å². The van der Waals surface area contributed by atoms with Crippen LogP contribution >= 0.6 is 0 Å². The van der Waals surface area contributed by atoms with Gasteiger partial charge in [0.15, 0.2) is 11.6 Å². The van der Waals surface area contributed by atoms with Crippen LogP contribution in [-0.4, -0.2) is 38.6 Å². The highest BCUT2D eigenvalue weighted by atomic mass is 16.3. The highest BCUT2D eigenvalue weighted by Crippen LogP contribution is 2.74. The van der Waals surface area contributed by atoms with Gasteiger partial charge in [0.05, 0.1) is 28.1 Å². The molecule has 3 aliphatic rings. The summed E-state index contributed by atoms with van der Waals surface area (Å²) in [5.41, 5.74) is -2.73. The van der Waals surface area contributed by atoms with E-state index in [2.05, 4.69) is 13.8 Å². The van der Waals surface area contributed by atoms with Crippen molar-refractivity contribution in [2.45, 2.75) is 92.8 Å². The van der Waals surface area contributed by atoms with Crippen LogP contribution in [-0.2, 0) is 9.59 Å². The molecule has 0 aromatic carbocycles. The molecule has 0 aromatic heterocycles. The number of aliphatic hydroxyl groups excluding tert-OH is 2. The summed E-state index contributed by atoms with van der Waals surface area (Å²) in [5, 5.41) is 34.1. The van der Waals surface area contributed by atoms with Gasteiger partial charge in [0.2, 0.25) is 0 Å². The Morgan fingerprint density at radius 1 is 1.26 bits per heavy atom. The molecule has 174 valence electrons. The molecule has 2 bridgehead atoms. The SMILES string of the molecule is CCC(C)C(=O)C1=C(O)C2(CC=C(C)C)CC3C(C)(C)C(C(C)(C)O)C[C@]3(C1=O)C2O. The summed E-state index contributed by atoms with van der Waals surface area (Å²) in [4.78, 5) is 27.3. The highest BCUT2D eigenvalue weighted by molar-refractivity contribution is 6.24. The van der Waals surface area contributed by atoms with Crippen LogP contribution in [0.25, 0.3) is 0 Å². The van der Waals surface area contributed by atoms with Crippen LogP contribution in [0.5, 0.6) is 0 Å². The number of Topliss-reactive ketones (excluding diaryl/α,β-unsaturated/α-hetero) is 2. The number of ketones is 2. The molecule has 31 heavy (non-hydrogen) atoms. The zero-order valence-corrected chi connectivity index (χ0v) is 20.4. The molecule has 0 aromatic rings. The fourth-order valence-electron chi connectivity index (χ4n) is 7.05. The predicted octanol–water partition coefficient (Wildman–Crippen LogP) is 4.52. The van der Waals surface area contributed by atoms with Gasteiger partial charge in [-0.1, -0.05) is 39.3 Å². The lowest BCUT2D eigenvalue weighted by Gasteiger charge is -2.44. The molecule has 2 saturated carbocycles. The van der Waals surface area contributed by atoms with Gasteiger partial charge in [-0.2, -0.15) is 0 Å². The Morgan fingerprint density at radius 2 is 1.84 bits per heavy atom. The van der Waals surface area contributed by atoms with E-state index in [0.29, 0.717) is 25.7 Å². The number of fused-ring (bicyclic) bond motifs is 1. The van der Waals surface area contributed by atoms with Crippen LogP contribution in [0.1, 0.15) is 81.1 Å². The van der Waals surface area contributed by atoms with Crippen LogP contribution in [0.4, 0.5) is 0 Å². The Kier molecular flexibility index (Phi) is 5.68. The maximum absolute atomic E-state index is 14.0. The third-order valence-electron chi connectivity index (χ3n) is 8.93. The van der Waals surface area contributed by atoms with Crippen molar-refractivity contribution in [1.29, 1.82) is 0 Å². The van der Waals surface area contributed by atoms with Crippen LogP contribution < -0.4 is 0 Å². The number of hydrogen-bond donors (Lipinski definition) is 3. The molecule has 1 spiro atoms. The summed E-state index contributed by atoms with van der Waals surface area (Å²) in [7, 11) is 0. The second kappa shape index (κ2) is 7.28. The van der Waals surface area contributed by atoms with E-state index >= 15 is 0 Å². The molecule has 3 N–H and O–H groups in total. The van der Waals surface area contributed by atoms with E-state index in [4.69, 9.17) is 0 Å². The molecule has 2 fully saturated rings. The van der Waals surface area contributed by atoms with E-state index in [9.17, 15) is 24.9 Å². The highest BCUT2D eigenvalue weighted by Gasteiger charge is 2.78. The van der Waals surface area contributed by atoms with Crippen molar-refractivity contribution < 1.29 is 24.9 Å². The second-order valence-electron chi connectivity index (χ2n) is 11.8. The lowest BCUT2D eigenvalue weighted by molar-refractivity contribution is -0.141.